The summed E-state index contributed by atoms with van der Waals surface area (Å²) in [5.41, 5.74) is 0. The van der Waals surface area contributed by atoms with E-state index in [-0.39, 0.29) is 6.29 Å². The normalized spacial score (nSPS) is 24.8. The molecule has 4 heteroatoms. The lowest BCUT2D eigenvalue weighted by atomic mass is 10.1. The number of ether oxygens (including phenoxy) is 2. The number of nitrogens with one attached hydrogen (secondary N) is 1. The van der Waals surface area contributed by atoms with Crippen LogP contribution in [0.15, 0.2) is 0 Å². The molecule has 4 nitrogen and oxygen atoms in total. The van der Waals surface area contributed by atoms with Gasteiger partial charge in [0.1, 0.15) is 0 Å². The van der Waals surface area contributed by atoms with Gasteiger partial charge in [0.2, 0.25) is 0 Å². The highest BCUT2D eigenvalue weighted by Crippen LogP contribution is 2.07. The summed E-state index contributed by atoms with van der Waals surface area (Å²) in [6.45, 7) is 7.27. The molecule has 0 aromatic heterocycles. The van der Waals surface area contributed by atoms with Crippen LogP contribution in [0.2, 0.25) is 0 Å². The Morgan fingerprint density at radius 1 is 1.00 bits per heavy atom. The zero-order valence-corrected chi connectivity index (χ0v) is 10.1. The Labute approximate surface area is 98.3 Å². The third kappa shape index (κ3) is 4.37. The van der Waals surface area contributed by atoms with E-state index in [1.165, 1.54) is 32.4 Å². The fourth-order valence-corrected chi connectivity index (χ4v) is 2.29. The van der Waals surface area contributed by atoms with Gasteiger partial charge in [0.25, 0.3) is 0 Å². The number of nitrogens with zero attached hydrogens (tertiary/aromatic N) is 1. The van der Waals surface area contributed by atoms with E-state index in [1.54, 1.807) is 0 Å². The Hall–Kier alpha value is -0.160. The van der Waals surface area contributed by atoms with Crippen LogP contribution in [-0.4, -0.2) is 57.1 Å². The molecule has 2 rings (SSSR count). The monoisotopic (exact) mass is 228 g/mol. The second-order valence-electron chi connectivity index (χ2n) is 4.63. The molecule has 94 valence electrons. The minimum absolute atomic E-state index is 0.0184. The Kier molecular flexibility index (Phi) is 5.55. The summed E-state index contributed by atoms with van der Waals surface area (Å²) in [7, 11) is 0. The summed E-state index contributed by atoms with van der Waals surface area (Å²) in [5.74, 6) is 0. The van der Waals surface area contributed by atoms with E-state index < -0.39 is 0 Å². The molecule has 0 aliphatic carbocycles. The van der Waals surface area contributed by atoms with Crippen LogP contribution in [0.5, 0.6) is 0 Å². The van der Waals surface area contributed by atoms with Gasteiger partial charge in [0, 0.05) is 19.6 Å². The van der Waals surface area contributed by atoms with Crippen LogP contribution in [0, 0.1) is 0 Å². The van der Waals surface area contributed by atoms with Gasteiger partial charge in [-0.25, -0.2) is 0 Å². The number of piperidine rings is 1. The molecule has 16 heavy (non-hydrogen) atoms. The van der Waals surface area contributed by atoms with Crippen molar-refractivity contribution in [2.45, 2.75) is 32.0 Å². The Morgan fingerprint density at radius 2 is 1.75 bits per heavy atom. The van der Waals surface area contributed by atoms with Gasteiger partial charge < -0.3 is 19.7 Å². The van der Waals surface area contributed by atoms with Crippen molar-refractivity contribution >= 4 is 0 Å². The van der Waals surface area contributed by atoms with Crippen molar-refractivity contribution in [2.24, 2.45) is 0 Å². The summed E-state index contributed by atoms with van der Waals surface area (Å²) < 4.78 is 10.9. The van der Waals surface area contributed by atoms with E-state index in [0.29, 0.717) is 0 Å². The fourth-order valence-electron chi connectivity index (χ4n) is 2.29. The third-order valence-electron chi connectivity index (χ3n) is 3.26. The summed E-state index contributed by atoms with van der Waals surface area (Å²) in [5, 5.41) is 3.41. The van der Waals surface area contributed by atoms with E-state index in [9.17, 15) is 0 Å². The first-order chi connectivity index (χ1) is 7.95. The van der Waals surface area contributed by atoms with E-state index in [4.69, 9.17) is 9.47 Å². The van der Waals surface area contributed by atoms with Crippen LogP contribution in [0.4, 0.5) is 0 Å². The zero-order valence-electron chi connectivity index (χ0n) is 10.1. The van der Waals surface area contributed by atoms with Crippen molar-refractivity contribution in [2.75, 3.05) is 45.9 Å². The number of rotatable bonds is 5. The van der Waals surface area contributed by atoms with Crippen molar-refractivity contribution in [3.63, 3.8) is 0 Å². The van der Waals surface area contributed by atoms with Gasteiger partial charge >= 0.3 is 0 Å². The highest BCUT2D eigenvalue weighted by molar-refractivity contribution is 4.66. The van der Waals surface area contributed by atoms with E-state index in [1.807, 2.05) is 0 Å². The molecule has 1 N–H and O–H groups in total. The number of hydrogen-bond donors (Lipinski definition) is 1. The van der Waals surface area contributed by atoms with Crippen molar-refractivity contribution in [3.05, 3.63) is 0 Å². The molecular formula is C12H24N2O2. The summed E-state index contributed by atoms with van der Waals surface area (Å²) >= 11 is 0. The van der Waals surface area contributed by atoms with Crippen LogP contribution in [-0.2, 0) is 9.47 Å². The van der Waals surface area contributed by atoms with E-state index >= 15 is 0 Å². The molecule has 2 fully saturated rings. The SMILES string of the molecule is C1CCN(CCNCC2OCCCO2)CC1. The fraction of sp³-hybridized carbons (Fsp3) is 1.00. The predicted molar refractivity (Wildman–Crippen MR) is 63.5 cm³/mol. The molecule has 0 aromatic rings. The summed E-state index contributed by atoms with van der Waals surface area (Å²) in [6, 6.07) is 0. The van der Waals surface area contributed by atoms with Crippen LogP contribution < -0.4 is 5.32 Å². The summed E-state index contributed by atoms with van der Waals surface area (Å²) in [6.07, 6.45) is 5.16. The Bertz CT molecular complexity index is 158. The van der Waals surface area contributed by atoms with Gasteiger partial charge in [-0.05, 0) is 32.4 Å². The first-order valence-corrected chi connectivity index (χ1v) is 6.61. The Balaban J connectivity index is 1.47. The van der Waals surface area contributed by atoms with Gasteiger partial charge in [-0.2, -0.15) is 0 Å². The van der Waals surface area contributed by atoms with Gasteiger partial charge in [-0.1, -0.05) is 6.42 Å². The second kappa shape index (κ2) is 7.22. The molecule has 0 bridgehead atoms. The van der Waals surface area contributed by atoms with Gasteiger partial charge in [0.15, 0.2) is 6.29 Å². The molecule has 0 unspecified atom stereocenters. The van der Waals surface area contributed by atoms with Gasteiger partial charge in [-0.3, -0.25) is 0 Å². The topological polar surface area (TPSA) is 33.7 Å². The van der Waals surface area contributed by atoms with Crippen molar-refractivity contribution in [3.8, 4) is 0 Å². The van der Waals surface area contributed by atoms with E-state index in [0.717, 1.165) is 39.3 Å². The summed E-state index contributed by atoms with van der Waals surface area (Å²) in [4.78, 5) is 2.54. The van der Waals surface area contributed by atoms with Crippen LogP contribution >= 0.6 is 0 Å². The maximum absolute atomic E-state index is 5.47. The molecule has 2 heterocycles. The lowest BCUT2D eigenvalue weighted by Crippen LogP contribution is -2.40. The van der Waals surface area contributed by atoms with Crippen molar-refractivity contribution in [1.82, 2.24) is 10.2 Å². The average molecular weight is 228 g/mol. The predicted octanol–water partition coefficient (Wildman–Crippen LogP) is 0.825. The first-order valence-electron chi connectivity index (χ1n) is 6.61. The van der Waals surface area contributed by atoms with Crippen molar-refractivity contribution in [1.29, 1.82) is 0 Å². The number of likely N-dealkylation sites (tertiary alicyclic amines) is 1. The van der Waals surface area contributed by atoms with Gasteiger partial charge in [0.05, 0.1) is 13.2 Å². The van der Waals surface area contributed by atoms with Crippen molar-refractivity contribution < 1.29 is 9.47 Å². The zero-order chi connectivity index (χ0) is 11.1. The quantitative estimate of drug-likeness (QED) is 0.707. The third-order valence-corrected chi connectivity index (χ3v) is 3.26. The lowest BCUT2D eigenvalue weighted by Gasteiger charge is -2.27. The molecule has 0 aromatic carbocycles. The van der Waals surface area contributed by atoms with Gasteiger partial charge in [-0.15, -0.1) is 0 Å². The molecule has 0 amide bonds. The lowest BCUT2D eigenvalue weighted by molar-refractivity contribution is -0.175. The highest BCUT2D eigenvalue weighted by Gasteiger charge is 2.13. The molecule has 0 spiro atoms. The molecule has 0 saturated carbocycles. The molecule has 0 radical (unpaired) electrons. The number of hydrogen-bond acceptors (Lipinski definition) is 4. The molecule has 2 aliphatic heterocycles. The largest absolute Gasteiger partial charge is 0.351 e. The maximum atomic E-state index is 5.47. The molecule has 2 saturated heterocycles. The maximum Gasteiger partial charge on any atom is 0.169 e. The van der Waals surface area contributed by atoms with Crippen LogP contribution in [0.25, 0.3) is 0 Å². The second-order valence-corrected chi connectivity index (χ2v) is 4.63. The smallest absolute Gasteiger partial charge is 0.169 e. The Morgan fingerprint density at radius 3 is 2.50 bits per heavy atom. The molecular weight excluding hydrogens is 204 g/mol. The molecule has 2 aliphatic rings. The van der Waals surface area contributed by atoms with Crippen LogP contribution in [0.3, 0.4) is 0 Å². The minimum atomic E-state index is -0.0184. The first kappa shape index (κ1) is 12.3. The highest BCUT2D eigenvalue weighted by atomic mass is 16.7. The molecule has 0 atom stereocenters. The standard InChI is InChI=1S/C12H24N2O2/c1-2-6-14(7-3-1)8-5-13-11-12-15-9-4-10-16-12/h12-13H,1-11H2. The van der Waals surface area contributed by atoms with Crippen LogP contribution in [0.1, 0.15) is 25.7 Å². The average Bonchev–Trinajstić information content (AvgIpc) is 2.37. The minimum Gasteiger partial charge on any atom is -0.351 e. The van der Waals surface area contributed by atoms with E-state index in [2.05, 4.69) is 10.2 Å².